The Bertz CT molecular complexity index is 367. The van der Waals surface area contributed by atoms with E-state index in [-0.39, 0.29) is 12.4 Å². The molecule has 0 saturated heterocycles. The van der Waals surface area contributed by atoms with E-state index in [2.05, 4.69) is 39.4 Å². The maximum atomic E-state index is 3.64. The van der Waals surface area contributed by atoms with E-state index in [1.807, 2.05) is 0 Å². The third kappa shape index (κ3) is 1.90. The minimum absolute atomic E-state index is 0. The van der Waals surface area contributed by atoms with Crippen molar-refractivity contribution in [2.24, 2.45) is 0 Å². The minimum Gasteiger partial charge on any atom is -0.381 e. The summed E-state index contributed by atoms with van der Waals surface area (Å²) >= 11 is 3.55. The largest absolute Gasteiger partial charge is 0.381 e. The fourth-order valence-corrected chi connectivity index (χ4v) is 3.23. The average molecular weight is 289 g/mol. The van der Waals surface area contributed by atoms with E-state index in [9.17, 15) is 0 Å². The number of hydrogen-bond donors (Lipinski definition) is 1. The summed E-state index contributed by atoms with van der Waals surface area (Å²) in [6, 6.07) is 7.34. The molecule has 2 aliphatic rings. The molecule has 1 aliphatic carbocycles. The molecule has 1 aliphatic heterocycles. The van der Waals surface area contributed by atoms with Crippen molar-refractivity contribution >= 4 is 34.0 Å². The molecule has 82 valence electrons. The minimum atomic E-state index is 0. The van der Waals surface area contributed by atoms with Crippen LogP contribution in [0.5, 0.6) is 0 Å². The lowest BCUT2D eigenvalue weighted by Gasteiger charge is -2.25. The second-order valence-electron chi connectivity index (χ2n) is 4.37. The van der Waals surface area contributed by atoms with Crippen LogP contribution in [0, 0.1) is 0 Å². The topological polar surface area (TPSA) is 12.0 Å². The zero-order valence-corrected chi connectivity index (χ0v) is 10.9. The van der Waals surface area contributed by atoms with Crippen molar-refractivity contribution in [3.05, 3.63) is 28.2 Å². The summed E-state index contributed by atoms with van der Waals surface area (Å²) in [6.45, 7) is 0. The highest BCUT2D eigenvalue weighted by molar-refractivity contribution is 9.10. The summed E-state index contributed by atoms with van der Waals surface area (Å²) in [7, 11) is 0. The Hall–Kier alpha value is -0.210. The van der Waals surface area contributed by atoms with Crippen LogP contribution in [0.15, 0.2) is 22.7 Å². The van der Waals surface area contributed by atoms with Gasteiger partial charge in [-0.05, 0) is 36.6 Å². The number of nitrogens with one attached hydrogen (secondary N) is 1. The number of fused-ring (bicyclic) bond motifs is 3. The van der Waals surface area contributed by atoms with Crippen molar-refractivity contribution in [3.8, 4) is 0 Å². The van der Waals surface area contributed by atoms with Gasteiger partial charge in [0.25, 0.3) is 0 Å². The molecule has 0 radical (unpaired) electrons. The molecular weight excluding hydrogens is 273 g/mol. The molecule has 3 heteroatoms. The molecule has 0 aromatic heterocycles. The number of halogens is 2. The third-order valence-electron chi connectivity index (χ3n) is 3.52. The van der Waals surface area contributed by atoms with Crippen LogP contribution in [0.2, 0.25) is 0 Å². The molecule has 2 unspecified atom stereocenters. The first-order chi connectivity index (χ1) is 6.84. The molecule has 15 heavy (non-hydrogen) atoms. The summed E-state index contributed by atoms with van der Waals surface area (Å²) in [5.74, 6) is 0.774. The first kappa shape index (κ1) is 11.3. The zero-order chi connectivity index (χ0) is 9.54. The lowest BCUT2D eigenvalue weighted by molar-refractivity contribution is 0.422. The van der Waals surface area contributed by atoms with E-state index in [4.69, 9.17) is 0 Å². The van der Waals surface area contributed by atoms with Crippen LogP contribution < -0.4 is 5.32 Å². The van der Waals surface area contributed by atoms with E-state index in [0.29, 0.717) is 6.04 Å². The van der Waals surface area contributed by atoms with Crippen LogP contribution >= 0.6 is 28.3 Å². The highest BCUT2D eigenvalue weighted by Crippen LogP contribution is 2.44. The quantitative estimate of drug-likeness (QED) is 0.749. The van der Waals surface area contributed by atoms with Gasteiger partial charge in [0.2, 0.25) is 0 Å². The number of rotatable bonds is 0. The predicted molar refractivity (Wildman–Crippen MR) is 70.0 cm³/mol. The Labute approximate surface area is 105 Å². The zero-order valence-electron chi connectivity index (χ0n) is 8.50. The van der Waals surface area contributed by atoms with Crippen LogP contribution in [0.1, 0.15) is 37.2 Å². The molecule has 0 bridgehead atoms. The second-order valence-corrected chi connectivity index (χ2v) is 5.29. The molecule has 1 heterocycles. The summed E-state index contributed by atoms with van der Waals surface area (Å²) < 4.78 is 1.21. The van der Waals surface area contributed by atoms with Crippen molar-refractivity contribution in [1.29, 1.82) is 0 Å². The number of anilines is 1. The van der Waals surface area contributed by atoms with E-state index >= 15 is 0 Å². The fraction of sp³-hybridized carbons (Fsp3) is 0.500. The molecular formula is C12H15BrClN. The molecule has 1 nitrogen and oxygen atoms in total. The summed E-state index contributed by atoms with van der Waals surface area (Å²) in [5.41, 5.74) is 2.90. The fourth-order valence-electron chi connectivity index (χ4n) is 2.85. The highest BCUT2D eigenvalue weighted by atomic mass is 79.9. The predicted octanol–water partition coefficient (Wildman–Crippen LogP) is 4.32. The normalized spacial score (nSPS) is 27.3. The van der Waals surface area contributed by atoms with E-state index in [1.165, 1.54) is 41.4 Å². The SMILES string of the molecule is Brc1ccc2c(c1)C1CCCCC1N2.Cl. The molecule has 1 aromatic rings. The van der Waals surface area contributed by atoms with Crippen LogP contribution in [-0.2, 0) is 0 Å². The van der Waals surface area contributed by atoms with Crippen LogP contribution in [0.3, 0.4) is 0 Å². The van der Waals surface area contributed by atoms with Crippen molar-refractivity contribution in [2.45, 2.75) is 37.6 Å². The van der Waals surface area contributed by atoms with Gasteiger partial charge in [-0.25, -0.2) is 0 Å². The molecule has 2 atom stereocenters. The van der Waals surface area contributed by atoms with Gasteiger partial charge in [-0.3, -0.25) is 0 Å². The van der Waals surface area contributed by atoms with E-state index in [1.54, 1.807) is 0 Å². The first-order valence-corrected chi connectivity index (χ1v) is 6.20. The first-order valence-electron chi connectivity index (χ1n) is 5.40. The Morgan fingerprint density at radius 3 is 2.87 bits per heavy atom. The van der Waals surface area contributed by atoms with Crippen LogP contribution in [-0.4, -0.2) is 6.04 Å². The number of benzene rings is 1. The monoisotopic (exact) mass is 287 g/mol. The second kappa shape index (κ2) is 4.34. The average Bonchev–Trinajstić information content (AvgIpc) is 2.56. The molecule has 0 spiro atoms. The lowest BCUT2D eigenvalue weighted by atomic mass is 9.83. The van der Waals surface area contributed by atoms with Crippen LogP contribution in [0.4, 0.5) is 5.69 Å². The van der Waals surface area contributed by atoms with Gasteiger partial charge in [-0.15, -0.1) is 12.4 Å². The summed E-state index contributed by atoms with van der Waals surface area (Å²) in [6.07, 6.45) is 5.50. The Morgan fingerprint density at radius 1 is 1.20 bits per heavy atom. The van der Waals surface area contributed by atoms with E-state index < -0.39 is 0 Å². The molecule has 3 rings (SSSR count). The number of hydrogen-bond acceptors (Lipinski definition) is 1. The lowest BCUT2D eigenvalue weighted by Crippen LogP contribution is -2.23. The molecule has 1 fully saturated rings. The Morgan fingerprint density at radius 2 is 2.00 bits per heavy atom. The Balaban J connectivity index is 0.000000853. The van der Waals surface area contributed by atoms with Crippen molar-refractivity contribution in [2.75, 3.05) is 5.32 Å². The van der Waals surface area contributed by atoms with Gasteiger partial charge in [-0.2, -0.15) is 0 Å². The third-order valence-corrected chi connectivity index (χ3v) is 4.01. The summed E-state index contributed by atoms with van der Waals surface area (Å²) in [4.78, 5) is 0. The van der Waals surface area contributed by atoms with E-state index in [0.717, 1.165) is 5.92 Å². The molecule has 1 N–H and O–H groups in total. The summed E-state index contributed by atoms with van der Waals surface area (Å²) in [5, 5.41) is 3.64. The molecule has 0 amide bonds. The maximum Gasteiger partial charge on any atom is 0.0379 e. The highest BCUT2D eigenvalue weighted by Gasteiger charge is 2.33. The van der Waals surface area contributed by atoms with Crippen LogP contribution in [0.25, 0.3) is 0 Å². The van der Waals surface area contributed by atoms with Crippen molar-refractivity contribution < 1.29 is 0 Å². The molecule has 1 aromatic carbocycles. The standard InChI is InChI=1S/C12H14BrN.ClH/c13-8-5-6-12-10(7-8)9-3-1-2-4-11(9)14-12;/h5-7,9,11,14H,1-4H2;1H. The maximum absolute atomic E-state index is 3.64. The smallest absolute Gasteiger partial charge is 0.0379 e. The Kier molecular flexibility index (Phi) is 3.27. The van der Waals surface area contributed by atoms with Gasteiger partial charge in [0.15, 0.2) is 0 Å². The van der Waals surface area contributed by atoms with Gasteiger partial charge in [0, 0.05) is 22.1 Å². The van der Waals surface area contributed by atoms with Gasteiger partial charge >= 0.3 is 0 Å². The van der Waals surface area contributed by atoms with Gasteiger partial charge in [-0.1, -0.05) is 28.8 Å². The van der Waals surface area contributed by atoms with Crippen molar-refractivity contribution in [3.63, 3.8) is 0 Å². The van der Waals surface area contributed by atoms with Gasteiger partial charge < -0.3 is 5.32 Å². The van der Waals surface area contributed by atoms with Gasteiger partial charge in [0.05, 0.1) is 0 Å². The van der Waals surface area contributed by atoms with Crippen molar-refractivity contribution in [1.82, 2.24) is 0 Å². The molecule has 1 saturated carbocycles. The van der Waals surface area contributed by atoms with Gasteiger partial charge in [0.1, 0.15) is 0 Å².